The first-order valence-corrected chi connectivity index (χ1v) is 6.11. The maximum Gasteiger partial charge on any atom is 0.318 e. The summed E-state index contributed by atoms with van der Waals surface area (Å²) in [6.45, 7) is 1.83. The Morgan fingerprint density at radius 3 is 2.16 bits per heavy atom. The average Bonchev–Trinajstić information content (AvgIpc) is 2.47. The van der Waals surface area contributed by atoms with Crippen molar-refractivity contribution in [3.8, 4) is 11.5 Å². The lowest BCUT2D eigenvalue weighted by atomic mass is 10.0. The average molecular weight is 256 g/mol. The van der Waals surface area contributed by atoms with E-state index in [9.17, 15) is 4.79 Å². The SMILES string of the molecule is COc1ccc([C@@H](C)C(=O)Oc2ccccc2)cc1. The largest absolute Gasteiger partial charge is 0.497 e. The Kier molecular flexibility index (Phi) is 4.18. The topological polar surface area (TPSA) is 35.5 Å². The normalized spacial score (nSPS) is 11.7. The Hall–Kier alpha value is -2.29. The molecule has 0 spiro atoms. The summed E-state index contributed by atoms with van der Waals surface area (Å²) in [6.07, 6.45) is 0. The predicted octanol–water partition coefficient (Wildman–Crippen LogP) is 3.40. The van der Waals surface area contributed by atoms with Gasteiger partial charge in [-0.15, -0.1) is 0 Å². The standard InChI is InChI=1S/C16H16O3/c1-12(13-8-10-14(18-2)11-9-13)16(17)19-15-6-4-3-5-7-15/h3-12H,1-2H3/t12-/m1/s1. The van der Waals surface area contributed by atoms with Gasteiger partial charge in [-0.25, -0.2) is 0 Å². The van der Waals surface area contributed by atoms with Crippen LogP contribution in [-0.2, 0) is 4.79 Å². The fourth-order valence-corrected chi connectivity index (χ4v) is 1.72. The van der Waals surface area contributed by atoms with E-state index >= 15 is 0 Å². The van der Waals surface area contributed by atoms with Crippen LogP contribution in [0, 0.1) is 0 Å². The van der Waals surface area contributed by atoms with Crippen molar-refractivity contribution in [1.29, 1.82) is 0 Å². The van der Waals surface area contributed by atoms with Crippen LogP contribution in [0.3, 0.4) is 0 Å². The summed E-state index contributed by atoms with van der Waals surface area (Å²) in [4.78, 5) is 12.0. The third kappa shape index (κ3) is 3.35. The van der Waals surface area contributed by atoms with Crippen molar-refractivity contribution in [3.05, 3.63) is 60.2 Å². The first kappa shape index (κ1) is 13.1. The molecule has 0 aliphatic carbocycles. The van der Waals surface area contributed by atoms with E-state index < -0.39 is 0 Å². The number of rotatable bonds is 4. The number of hydrogen-bond donors (Lipinski definition) is 0. The van der Waals surface area contributed by atoms with Gasteiger partial charge in [0.2, 0.25) is 0 Å². The Labute approximate surface area is 112 Å². The minimum Gasteiger partial charge on any atom is -0.497 e. The molecule has 2 rings (SSSR count). The van der Waals surface area contributed by atoms with E-state index in [4.69, 9.17) is 9.47 Å². The number of para-hydroxylation sites is 1. The molecule has 0 aliphatic heterocycles. The third-order valence-corrected chi connectivity index (χ3v) is 2.93. The molecule has 0 heterocycles. The second kappa shape index (κ2) is 6.05. The molecule has 0 saturated carbocycles. The molecule has 19 heavy (non-hydrogen) atoms. The summed E-state index contributed by atoms with van der Waals surface area (Å²) >= 11 is 0. The van der Waals surface area contributed by atoms with Crippen LogP contribution >= 0.6 is 0 Å². The maximum atomic E-state index is 12.0. The molecule has 0 fully saturated rings. The maximum absolute atomic E-state index is 12.0. The van der Waals surface area contributed by atoms with Gasteiger partial charge < -0.3 is 9.47 Å². The van der Waals surface area contributed by atoms with Gasteiger partial charge in [-0.1, -0.05) is 30.3 Å². The van der Waals surface area contributed by atoms with E-state index in [1.807, 2.05) is 49.4 Å². The molecule has 3 heteroatoms. The number of carbonyl (C=O) groups excluding carboxylic acids is 1. The molecule has 2 aromatic rings. The Morgan fingerprint density at radius 1 is 0.947 bits per heavy atom. The second-order valence-electron chi connectivity index (χ2n) is 4.23. The zero-order chi connectivity index (χ0) is 13.7. The van der Waals surface area contributed by atoms with Crippen LogP contribution in [0.5, 0.6) is 11.5 Å². The minimum absolute atomic E-state index is 0.267. The quantitative estimate of drug-likeness (QED) is 0.621. The van der Waals surface area contributed by atoms with Crippen molar-refractivity contribution < 1.29 is 14.3 Å². The Bertz CT molecular complexity index is 532. The molecule has 0 aliphatic rings. The number of ether oxygens (including phenoxy) is 2. The Morgan fingerprint density at radius 2 is 1.58 bits per heavy atom. The first-order valence-electron chi connectivity index (χ1n) is 6.11. The number of hydrogen-bond acceptors (Lipinski definition) is 3. The number of methoxy groups -OCH3 is 1. The zero-order valence-corrected chi connectivity index (χ0v) is 11.0. The van der Waals surface area contributed by atoms with Gasteiger partial charge in [-0.2, -0.15) is 0 Å². The van der Waals surface area contributed by atoms with E-state index in [0.29, 0.717) is 5.75 Å². The van der Waals surface area contributed by atoms with Gasteiger partial charge in [-0.3, -0.25) is 4.79 Å². The molecule has 0 radical (unpaired) electrons. The van der Waals surface area contributed by atoms with Crippen molar-refractivity contribution in [2.45, 2.75) is 12.8 Å². The molecule has 0 unspecified atom stereocenters. The van der Waals surface area contributed by atoms with Crippen molar-refractivity contribution in [2.75, 3.05) is 7.11 Å². The molecule has 0 aromatic heterocycles. The summed E-state index contributed by atoms with van der Waals surface area (Å²) in [5.41, 5.74) is 0.904. The van der Waals surface area contributed by atoms with E-state index in [1.165, 1.54) is 0 Å². The van der Waals surface area contributed by atoms with Gasteiger partial charge in [0.15, 0.2) is 0 Å². The highest BCUT2D eigenvalue weighted by Crippen LogP contribution is 2.21. The number of carbonyl (C=O) groups is 1. The molecule has 98 valence electrons. The minimum atomic E-state index is -0.314. The van der Waals surface area contributed by atoms with Crippen LogP contribution in [0.1, 0.15) is 18.4 Å². The molecular formula is C16H16O3. The molecule has 1 atom stereocenters. The van der Waals surface area contributed by atoms with E-state index in [1.54, 1.807) is 19.2 Å². The highest BCUT2D eigenvalue weighted by Gasteiger charge is 2.17. The van der Waals surface area contributed by atoms with Gasteiger partial charge in [0.25, 0.3) is 0 Å². The van der Waals surface area contributed by atoms with Gasteiger partial charge in [-0.05, 0) is 36.8 Å². The molecule has 0 bridgehead atoms. The summed E-state index contributed by atoms with van der Waals surface area (Å²) in [5, 5.41) is 0. The number of esters is 1. The van der Waals surface area contributed by atoms with Crippen molar-refractivity contribution in [3.63, 3.8) is 0 Å². The van der Waals surface area contributed by atoms with Crippen LogP contribution in [0.2, 0.25) is 0 Å². The van der Waals surface area contributed by atoms with Gasteiger partial charge in [0.05, 0.1) is 13.0 Å². The summed E-state index contributed by atoms with van der Waals surface area (Å²) < 4.78 is 10.4. The number of benzene rings is 2. The lowest BCUT2D eigenvalue weighted by molar-refractivity contribution is -0.135. The molecule has 0 N–H and O–H groups in total. The van der Waals surface area contributed by atoms with Crippen LogP contribution in [-0.4, -0.2) is 13.1 Å². The fourth-order valence-electron chi connectivity index (χ4n) is 1.72. The van der Waals surface area contributed by atoms with Crippen molar-refractivity contribution in [1.82, 2.24) is 0 Å². The summed E-state index contributed by atoms with van der Waals surface area (Å²) in [5.74, 6) is 0.753. The van der Waals surface area contributed by atoms with Gasteiger partial charge in [0, 0.05) is 0 Å². The Balaban J connectivity index is 2.06. The highest BCUT2D eigenvalue weighted by molar-refractivity contribution is 5.79. The second-order valence-corrected chi connectivity index (χ2v) is 4.23. The molecular weight excluding hydrogens is 240 g/mol. The first-order chi connectivity index (χ1) is 9.20. The van der Waals surface area contributed by atoms with Crippen LogP contribution in [0.15, 0.2) is 54.6 Å². The molecule has 3 nitrogen and oxygen atoms in total. The van der Waals surface area contributed by atoms with Crippen molar-refractivity contribution in [2.24, 2.45) is 0 Å². The van der Waals surface area contributed by atoms with Gasteiger partial charge in [0.1, 0.15) is 11.5 Å². The summed E-state index contributed by atoms with van der Waals surface area (Å²) in [6, 6.07) is 16.5. The summed E-state index contributed by atoms with van der Waals surface area (Å²) in [7, 11) is 1.61. The molecule has 0 amide bonds. The molecule has 0 saturated heterocycles. The van der Waals surface area contributed by atoms with Crippen LogP contribution in [0.4, 0.5) is 0 Å². The highest BCUT2D eigenvalue weighted by atomic mass is 16.5. The fraction of sp³-hybridized carbons (Fsp3) is 0.188. The van der Waals surface area contributed by atoms with Gasteiger partial charge >= 0.3 is 5.97 Å². The molecule has 2 aromatic carbocycles. The lowest BCUT2D eigenvalue weighted by Gasteiger charge is -2.12. The zero-order valence-electron chi connectivity index (χ0n) is 11.0. The van der Waals surface area contributed by atoms with Crippen LogP contribution in [0.25, 0.3) is 0 Å². The van der Waals surface area contributed by atoms with E-state index in [-0.39, 0.29) is 11.9 Å². The van der Waals surface area contributed by atoms with Crippen LogP contribution < -0.4 is 9.47 Å². The van der Waals surface area contributed by atoms with E-state index in [2.05, 4.69) is 0 Å². The predicted molar refractivity (Wildman–Crippen MR) is 73.5 cm³/mol. The van der Waals surface area contributed by atoms with Crippen molar-refractivity contribution >= 4 is 5.97 Å². The van der Waals surface area contributed by atoms with E-state index in [0.717, 1.165) is 11.3 Å². The lowest BCUT2D eigenvalue weighted by Crippen LogP contribution is -2.16. The smallest absolute Gasteiger partial charge is 0.318 e. The third-order valence-electron chi connectivity index (χ3n) is 2.93. The monoisotopic (exact) mass is 256 g/mol.